The number of hydrogen-bond acceptors (Lipinski definition) is 3. The van der Waals surface area contributed by atoms with Crippen molar-refractivity contribution in [1.82, 2.24) is 10.2 Å². The molecule has 1 aliphatic carbocycles. The number of urea groups is 1. The number of ether oxygens (including phenoxy) is 1. The Hall–Kier alpha value is -0.810. The standard InChI is InChI=1S/C14H26N2O3/c1-14(2)6-3-12(14)15-13(18)16(7-8-17)11-4-9-19-10-5-11/h11-12,17H,3-10H2,1-2H3,(H,15,18). The second kappa shape index (κ2) is 6.09. The van der Waals surface area contributed by atoms with Crippen molar-refractivity contribution in [2.45, 2.75) is 51.6 Å². The fourth-order valence-electron chi connectivity index (χ4n) is 2.92. The Labute approximate surface area is 115 Å². The molecule has 2 N–H and O–H groups in total. The Balaban J connectivity index is 1.92. The van der Waals surface area contributed by atoms with Gasteiger partial charge in [0.2, 0.25) is 0 Å². The van der Waals surface area contributed by atoms with Gasteiger partial charge in [0.15, 0.2) is 0 Å². The van der Waals surface area contributed by atoms with Crippen LogP contribution >= 0.6 is 0 Å². The minimum Gasteiger partial charge on any atom is -0.395 e. The summed E-state index contributed by atoms with van der Waals surface area (Å²) in [7, 11) is 0. The Morgan fingerprint density at radius 3 is 2.53 bits per heavy atom. The number of aliphatic hydroxyl groups excluding tert-OH is 1. The molecule has 0 aromatic carbocycles. The molecule has 0 bridgehead atoms. The van der Waals surface area contributed by atoms with E-state index in [0.29, 0.717) is 19.8 Å². The van der Waals surface area contributed by atoms with Crippen molar-refractivity contribution in [3.8, 4) is 0 Å². The lowest BCUT2D eigenvalue weighted by molar-refractivity contribution is 0.0362. The molecule has 0 aromatic heterocycles. The van der Waals surface area contributed by atoms with Crippen molar-refractivity contribution in [3.05, 3.63) is 0 Å². The number of rotatable bonds is 4. The summed E-state index contributed by atoms with van der Waals surface area (Å²) in [6, 6.07) is 0.434. The molecular formula is C14H26N2O3. The van der Waals surface area contributed by atoms with Crippen LogP contribution < -0.4 is 5.32 Å². The van der Waals surface area contributed by atoms with Crippen LogP contribution in [-0.2, 0) is 4.74 Å². The van der Waals surface area contributed by atoms with Crippen molar-refractivity contribution in [1.29, 1.82) is 0 Å². The fourth-order valence-corrected chi connectivity index (χ4v) is 2.92. The van der Waals surface area contributed by atoms with E-state index in [1.165, 1.54) is 0 Å². The second-order valence-corrected chi connectivity index (χ2v) is 6.29. The third-order valence-electron chi connectivity index (χ3n) is 4.55. The van der Waals surface area contributed by atoms with Crippen LogP contribution in [0.4, 0.5) is 4.79 Å². The zero-order chi connectivity index (χ0) is 13.9. The zero-order valence-corrected chi connectivity index (χ0v) is 12.0. The summed E-state index contributed by atoms with van der Waals surface area (Å²) in [6.45, 7) is 6.20. The lowest BCUT2D eigenvalue weighted by Crippen LogP contribution is -2.58. The Morgan fingerprint density at radius 1 is 1.37 bits per heavy atom. The first-order chi connectivity index (χ1) is 9.04. The molecule has 1 atom stereocenters. The molecule has 2 fully saturated rings. The van der Waals surface area contributed by atoms with Crippen LogP contribution in [0.25, 0.3) is 0 Å². The topological polar surface area (TPSA) is 61.8 Å². The van der Waals surface area contributed by atoms with E-state index >= 15 is 0 Å². The number of nitrogens with zero attached hydrogens (tertiary/aromatic N) is 1. The highest BCUT2D eigenvalue weighted by Crippen LogP contribution is 2.40. The largest absolute Gasteiger partial charge is 0.395 e. The maximum Gasteiger partial charge on any atom is 0.317 e. The van der Waals surface area contributed by atoms with E-state index in [9.17, 15) is 9.90 Å². The van der Waals surface area contributed by atoms with E-state index < -0.39 is 0 Å². The molecule has 0 aromatic rings. The zero-order valence-electron chi connectivity index (χ0n) is 12.0. The lowest BCUT2D eigenvalue weighted by Gasteiger charge is -2.46. The monoisotopic (exact) mass is 270 g/mol. The molecule has 1 saturated heterocycles. The number of nitrogens with one attached hydrogen (secondary N) is 1. The Bertz CT molecular complexity index is 314. The van der Waals surface area contributed by atoms with Crippen molar-refractivity contribution >= 4 is 6.03 Å². The third-order valence-corrected chi connectivity index (χ3v) is 4.55. The van der Waals surface area contributed by atoms with Gasteiger partial charge in [0, 0.05) is 31.8 Å². The van der Waals surface area contributed by atoms with Crippen molar-refractivity contribution < 1.29 is 14.6 Å². The van der Waals surface area contributed by atoms with Gasteiger partial charge < -0.3 is 20.1 Å². The molecular weight excluding hydrogens is 244 g/mol. The van der Waals surface area contributed by atoms with Crippen LogP contribution in [0.2, 0.25) is 0 Å². The summed E-state index contributed by atoms with van der Waals surface area (Å²) >= 11 is 0. The average Bonchev–Trinajstić information content (AvgIpc) is 2.41. The molecule has 2 rings (SSSR count). The van der Waals surface area contributed by atoms with Gasteiger partial charge in [0.25, 0.3) is 0 Å². The van der Waals surface area contributed by atoms with E-state index in [1.807, 2.05) is 0 Å². The maximum absolute atomic E-state index is 12.4. The molecule has 0 spiro atoms. The summed E-state index contributed by atoms with van der Waals surface area (Å²) in [4.78, 5) is 14.2. The van der Waals surface area contributed by atoms with E-state index in [2.05, 4.69) is 19.2 Å². The molecule has 1 aliphatic heterocycles. The van der Waals surface area contributed by atoms with Gasteiger partial charge in [-0.25, -0.2) is 4.79 Å². The SMILES string of the molecule is CC1(C)CCC1NC(=O)N(CCO)C1CCOCC1. The molecule has 19 heavy (non-hydrogen) atoms. The second-order valence-electron chi connectivity index (χ2n) is 6.29. The van der Waals surface area contributed by atoms with Gasteiger partial charge in [-0.15, -0.1) is 0 Å². The number of carbonyl (C=O) groups is 1. The highest BCUT2D eigenvalue weighted by molar-refractivity contribution is 5.75. The summed E-state index contributed by atoms with van der Waals surface area (Å²) in [6.07, 6.45) is 3.94. The summed E-state index contributed by atoms with van der Waals surface area (Å²) in [5.41, 5.74) is 0.205. The molecule has 1 saturated carbocycles. The van der Waals surface area contributed by atoms with Gasteiger partial charge in [-0.3, -0.25) is 0 Å². The number of amides is 2. The molecule has 5 heteroatoms. The smallest absolute Gasteiger partial charge is 0.317 e. The van der Waals surface area contributed by atoms with Gasteiger partial charge in [0.05, 0.1) is 6.61 Å². The first kappa shape index (κ1) is 14.6. The lowest BCUT2D eigenvalue weighted by atomic mass is 9.67. The first-order valence-electron chi connectivity index (χ1n) is 7.30. The van der Waals surface area contributed by atoms with Crippen LogP contribution in [0, 0.1) is 5.41 Å². The van der Waals surface area contributed by atoms with E-state index in [1.54, 1.807) is 4.90 Å². The first-order valence-corrected chi connectivity index (χ1v) is 7.30. The molecule has 2 amide bonds. The molecule has 1 unspecified atom stereocenters. The van der Waals surface area contributed by atoms with Gasteiger partial charge in [-0.2, -0.15) is 0 Å². The van der Waals surface area contributed by atoms with Gasteiger partial charge in [-0.05, 0) is 31.1 Å². The van der Waals surface area contributed by atoms with Gasteiger partial charge >= 0.3 is 6.03 Å². The predicted octanol–water partition coefficient (Wildman–Crippen LogP) is 1.36. The number of hydrogen-bond donors (Lipinski definition) is 2. The predicted molar refractivity (Wildman–Crippen MR) is 73.0 cm³/mol. The van der Waals surface area contributed by atoms with Crippen LogP contribution in [0.15, 0.2) is 0 Å². The van der Waals surface area contributed by atoms with Crippen LogP contribution in [0.1, 0.15) is 39.5 Å². The van der Waals surface area contributed by atoms with Gasteiger partial charge in [0.1, 0.15) is 0 Å². The normalized spacial score (nSPS) is 26.6. The van der Waals surface area contributed by atoms with Gasteiger partial charge in [-0.1, -0.05) is 13.8 Å². The molecule has 110 valence electrons. The highest BCUT2D eigenvalue weighted by atomic mass is 16.5. The molecule has 1 heterocycles. The minimum atomic E-state index is -0.0290. The number of carbonyl (C=O) groups excluding carboxylic acids is 1. The average molecular weight is 270 g/mol. The van der Waals surface area contributed by atoms with E-state index in [-0.39, 0.29) is 30.1 Å². The summed E-state index contributed by atoms with van der Waals surface area (Å²) in [5, 5.41) is 12.3. The molecule has 0 radical (unpaired) electrons. The molecule has 2 aliphatic rings. The molecule has 5 nitrogen and oxygen atoms in total. The van der Waals surface area contributed by atoms with E-state index in [4.69, 9.17) is 4.74 Å². The van der Waals surface area contributed by atoms with E-state index in [0.717, 1.165) is 25.7 Å². The van der Waals surface area contributed by atoms with Crippen molar-refractivity contribution in [2.75, 3.05) is 26.4 Å². The van der Waals surface area contributed by atoms with Crippen LogP contribution in [0.3, 0.4) is 0 Å². The summed E-state index contributed by atoms with van der Waals surface area (Å²) < 4.78 is 5.33. The van der Waals surface area contributed by atoms with Crippen molar-refractivity contribution in [3.63, 3.8) is 0 Å². The fraction of sp³-hybridized carbons (Fsp3) is 0.929. The van der Waals surface area contributed by atoms with Crippen LogP contribution in [0.5, 0.6) is 0 Å². The quantitative estimate of drug-likeness (QED) is 0.811. The minimum absolute atomic E-state index is 0.0127. The van der Waals surface area contributed by atoms with Crippen molar-refractivity contribution in [2.24, 2.45) is 5.41 Å². The van der Waals surface area contributed by atoms with Crippen LogP contribution in [-0.4, -0.2) is 54.5 Å². The Morgan fingerprint density at radius 2 is 2.05 bits per heavy atom. The Kier molecular flexibility index (Phi) is 4.68. The summed E-state index contributed by atoms with van der Waals surface area (Å²) in [5.74, 6) is 0. The maximum atomic E-state index is 12.4. The highest BCUT2D eigenvalue weighted by Gasteiger charge is 2.40. The third kappa shape index (κ3) is 3.39. The number of aliphatic hydroxyl groups is 1.